The summed E-state index contributed by atoms with van der Waals surface area (Å²) >= 11 is 3.63. The molecule has 0 aromatic carbocycles. The van der Waals surface area contributed by atoms with E-state index in [1.807, 2.05) is 18.7 Å². The molecule has 1 fully saturated rings. The predicted molar refractivity (Wildman–Crippen MR) is 64.8 cm³/mol. The molecule has 1 aliphatic rings. The summed E-state index contributed by atoms with van der Waals surface area (Å²) < 4.78 is 0. The van der Waals surface area contributed by atoms with Gasteiger partial charge in [-0.15, -0.1) is 11.8 Å². The lowest BCUT2D eigenvalue weighted by molar-refractivity contribution is -0.120. The summed E-state index contributed by atoms with van der Waals surface area (Å²) in [7, 11) is 0. The molecule has 0 saturated carbocycles. The first kappa shape index (κ1) is 12.2. The number of thioether (sulfide) groups is 2. The number of amides is 1. The van der Waals surface area contributed by atoms with Crippen molar-refractivity contribution in [1.82, 2.24) is 5.32 Å². The molecule has 0 bridgehead atoms. The molecular weight excluding hydrogens is 216 g/mol. The van der Waals surface area contributed by atoms with Gasteiger partial charge in [0.25, 0.3) is 0 Å². The van der Waals surface area contributed by atoms with Gasteiger partial charge in [-0.25, -0.2) is 0 Å². The highest BCUT2D eigenvalue weighted by Gasteiger charge is 2.21. The Bertz CT molecular complexity index is 184. The summed E-state index contributed by atoms with van der Waals surface area (Å²) in [4.78, 5) is 11.6. The van der Waals surface area contributed by atoms with Gasteiger partial charge >= 0.3 is 0 Å². The summed E-state index contributed by atoms with van der Waals surface area (Å²) in [5, 5.41) is 3.10. The third-order valence-corrected chi connectivity index (χ3v) is 4.89. The quantitative estimate of drug-likeness (QED) is 0.746. The molecule has 82 valence electrons. The van der Waals surface area contributed by atoms with E-state index in [-0.39, 0.29) is 11.2 Å². The molecule has 14 heavy (non-hydrogen) atoms. The molecule has 3 N–H and O–H groups in total. The normalized spacial score (nSPS) is 24.3. The zero-order chi connectivity index (χ0) is 10.4. The standard InChI is InChI=1S/C9H18N2OS2/c1-7(4-10)5-11-9(12)8-6-13-2-3-14-8/h7-8H,2-6,10H2,1H3,(H,11,12). The molecule has 1 saturated heterocycles. The Morgan fingerprint density at radius 3 is 3.00 bits per heavy atom. The minimum atomic E-state index is 0.152. The van der Waals surface area contributed by atoms with Crippen molar-refractivity contribution in [3.05, 3.63) is 0 Å². The average Bonchev–Trinajstić information content (AvgIpc) is 2.26. The van der Waals surface area contributed by atoms with Gasteiger partial charge in [0.05, 0.1) is 5.25 Å². The first-order valence-corrected chi connectivity index (χ1v) is 7.11. The van der Waals surface area contributed by atoms with E-state index in [1.165, 1.54) is 5.75 Å². The molecule has 0 radical (unpaired) electrons. The van der Waals surface area contributed by atoms with Crippen LogP contribution in [0.4, 0.5) is 0 Å². The minimum absolute atomic E-state index is 0.152. The SMILES string of the molecule is CC(CN)CNC(=O)C1CSCCS1. The van der Waals surface area contributed by atoms with Crippen molar-refractivity contribution in [2.45, 2.75) is 12.2 Å². The van der Waals surface area contributed by atoms with Crippen LogP contribution >= 0.6 is 23.5 Å². The molecule has 1 rings (SSSR count). The van der Waals surface area contributed by atoms with Crippen LogP contribution in [0.25, 0.3) is 0 Å². The largest absolute Gasteiger partial charge is 0.355 e. The molecule has 1 amide bonds. The second-order valence-corrected chi connectivity index (χ2v) is 5.98. The van der Waals surface area contributed by atoms with Crippen LogP contribution in [-0.4, -0.2) is 41.5 Å². The molecular formula is C9H18N2OS2. The molecule has 1 aliphatic heterocycles. The summed E-state index contributed by atoms with van der Waals surface area (Å²) in [5.74, 6) is 3.78. The van der Waals surface area contributed by atoms with Gasteiger partial charge in [0, 0.05) is 23.8 Å². The Balaban J connectivity index is 2.19. The topological polar surface area (TPSA) is 55.1 Å². The lowest BCUT2D eigenvalue weighted by atomic mass is 10.2. The van der Waals surface area contributed by atoms with Crippen LogP contribution in [-0.2, 0) is 4.79 Å². The smallest absolute Gasteiger partial charge is 0.233 e. The van der Waals surface area contributed by atoms with Crippen LogP contribution in [0, 0.1) is 5.92 Å². The number of carbonyl (C=O) groups excluding carboxylic acids is 1. The number of hydrogen-bond acceptors (Lipinski definition) is 4. The van der Waals surface area contributed by atoms with Gasteiger partial charge < -0.3 is 11.1 Å². The fourth-order valence-corrected chi connectivity index (χ4v) is 3.69. The highest BCUT2D eigenvalue weighted by Crippen LogP contribution is 2.23. The summed E-state index contributed by atoms with van der Waals surface area (Å²) in [6.45, 7) is 3.38. The Morgan fingerprint density at radius 1 is 1.64 bits per heavy atom. The van der Waals surface area contributed by atoms with Gasteiger partial charge in [-0.1, -0.05) is 6.92 Å². The van der Waals surface area contributed by atoms with E-state index in [1.54, 1.807) is 11.8 Å². The van der Waals surface area contributed by atoms with Crippen molar-refractivity contribution < 1.29 is 4.79 Å². The predicted octanol–water partition coefficient (Wildman–Crippen LogP) is 0.546. The Morgan fingerprint density at radius 2 is 2.43 bits per heavy atom. The highest BCUT2D eigenvalue weighted by molar-refractivity contribution is 8.07. The summed E-state index contributed by atoms with van der Waals surface area (Å²) in [5.41, 5.74) is 5.48. The first-order chi connectivity index (χ1) is 6.74. The average molecular weight is 234 g/mol. The van der Waals surface area contributed by atoms with E-state index in [0.717, 1.165) is 11.5 Å². The molecule has 0 aromatic rings. The van der Waals surface area contributed by atoms with Gasteiger partial charge in [0.15, 0.2) is 0 Å². The monoisotopic (exact) mass is 234 g/mol. The third kappa shape index (κ3) is 4.11. The Hall–Kier alpha value is 0.130. The van der Waals surface area contributed by atoms with Gasteiger partial charge in [0.1, 0.15) is 0 Å². The van der Waals surface area contributed by atoms with Gasteiger partial charge in [-0.05, 0) is 12.5 Å². The number of rotatable bonds is 4. The van der Waals surface area contributed by atoms with E-state index >= 15 is 0 Å². The number of nitrogens with two attached hydrogens (primary N) is 1. The van der Waals surface area contributed by atoms with Crippen LogP contribution in [0.15, 0.2) is 0 Å². The van der Waals surface area contributed by atoms with Crippen LogP contribution in [0.1, 0.15) is 6.92 Å². The highest BCUT2D eigenvalue weighted by atomic mass is 32.2. The zero-order valence-corrected chi connectivity index (χ0v) is 10.1. The first-order valence-electron chi connectivity index (χ1n) is 4.91. The molecule has 2 unspecified atom stereocenters. The second kappa shape index (κ2) is 6.58. The van der Waals surface area contributed by atoms with E-state index in [9.17, 15) is 4.79 Å². The molecule has 3 nitrogen and oxygen atoms in total. The van der Waals surface area contributed by atoms with Gasteiger partial charge in [0.2, 0.25) is 5.91 Å². The summed E-state index contributed by atoms with van der Waals surface area (Å²) in [6.07, 6.45) is 0. The number of hydrogen-bond donors (Lipinski definition) is 2. The number of carbonyl (C=O) groups is 1. The van der Waals surface area contributed by atoms with Crippen LogP contribution < -0.4 is 11.1 Å². The van der Waals surface area contributed by atoms with Crippen molar-refractivity contribution in [2.75, 3.05) is 30.3 Å². The van der Waals surface area contributed by atoms with Crippen LogP contribution in [0.5, 0.6) is 0 Å². The van der Waals surface area contributed by atoms with E-state index < -0.39 is 0 Å². The summed E-state index contributed by atoms with van der Waals surface area (Å²) in [6, 6.07) is 0. The molecule has 2 atom stereocenters. The van der Waals surface area contributed by atoms with Crippen molar-refractivity contribution in [3.63, 3.8) is 0 Å². The fraction of sp³-hybridized carbons (Fsp3) is 0.889. The van der Waals surface area contributed by atoms with Crippen molar-refractivity contribution >= 4 is 29.4 Å². The molecule has 0 aromatic heterocycles. The van der Waals surface area contributed by atoms with Gasteiger partial charge in [-0.3, -0.25) is 4.79 Å². The fourth-order valence-electron chi connectivity index (χ4n) is 1.11. The van der Waals surface area contributed by atoms with Crippen LogP contribution in [0.2, 0.25) is 0 Å². The Kier molecular flexibility index (Phi) is 5.74. The Labute approximate surface area is 94.0 Å². The van der Waals surface area contributed by atoms with Crippen LogP contribution in [0.3, 0.4) is 0 Å². The third-order valence-electron chi connectivity index (χ3n) is 2.14. The maximum absolute atomic E-state index is 11.6. The zero-order valence-electron chi connectivity index (χ0n) is 8.49. The van der Waals surface area contributed by atoms with Crippen molar-refractivity contribution in [1.29, 1.82) is 0 Å². The minimum Gasteiger partial charge on any atom is -0.355 e. The second-order valence-electron chi connectivity index (χ2n) is 3.52. The lowest BCUT2D eigenvalue weighted by Crippen LogP contribution is -2.39. The van der Waals surface area contributed by atoms with Gasteiger partial charge in [-0.2, -0.15) is 11.8 Å². The molecule has 0 spiro atoms. The molecule has 1 heterocycles. The van der Waals surface area contributed by atoms with Crippen molar-refractivity contribution in [2.24, 2.45) is 11.7 Å². The maximum atomic E-state index is 11.6. The maximum Gasteiger partial charge on any atom is 0.233 e. The van der Waals surface area contributed by atoms with Crippen molar-refractivity contribution in [3.8, 4) is 0 Å². The molecule has 0 aliphatic carbocycles. The lowest BCUT2D eigenvalue weighted by Gasteiger charge is -2.21. The van der Waals surface area contributed by atoms with E-state index in [0.29, 0.717) is 19.0 Å². The van der Waals surface area contributed by atoms with E-state index in [4.69, 9.17) is 5.73 Å². The number of nitrogens with one attached hydrogen (secondary N) is 1. The van der Waals surface area contributed by atoms with E-state index in [2.05, 4.69) is 5.32 Å². The molecule has 5 heteroatoms.